The Morgan fingerprint density at radius 3 is 2.83 bits per heavy atom. The predicted octanol–water partition coefficient (Wildman–Crippen LogP) is 3.76. The van der Waals surface area contributed by atoms with E-state index < -0.39 is 0 Å². The lowest BCUT2D eigenvalue weighted by molar-refractivity contribution is 0.353. The molecule has 0 radical (unpaired) electrons. The molecule has 0 heterocycles. The second-order valence-corrected chi connectivity index (χ2v) is 5.69. The van der Waals surface area contributed by atoms with Crippen molar-refractivity contribution in [2.75, 3.05) is 0 Å². The van der Waals surface area contributed by atoms with Gasteiger partial charge in [0.15, 0.2) is 0 Å². The molecule has 1 aromatic carbocycles. The van der Waals surface area contributed by atoms with E-state index in [4.69, 9.17) is 0 Å². The first-order chi connectivity index (χ1) is 8.68. The fraction of sp³-hybridized carbons (Fsp3) is 0.625. The highest BCUT2D eigenvalue weighted by Gasteiger charge is 2.19. The van der Waals surface area contributed by atoms with Gasteiger partial charge in [0.05, 0.1) is 0 Å². The van der Waals surface area contributed by atoms with Gasteiger partial charge in [-0.25, -0.2) is 0 Å². The number of nitrogens with one attached hydrogen (secondary N) is 1. The molecule has 1 saturated carbocycles. The van der Waals surface area contributed by atoms with E-state index in [0.29, 0.717) is 11.8 Å². The normalized spacial score (nSPS) is 24.8. The first-order valence-corrected chi connectivity index (χ1v) is 7.19. The monoisotopic (exact) mass is 247 g/mol. The van der Waals surface area contributed by atoms with Crippen LogP contribution in [0.25, 0.3) is 0 Å². The smallest absolute Gasteiger partial charge is 0.122 e. The van der Waals surface area contributed by atoms with Crippen molar-refractivity contribution in [1.82, 2.24) is 5.32 Å². The number of aryl methyl sites for hydroxylation is 1. The lowest BCUT2D eigenvalue weighted by Crippen LogP contribution is -2.33. The topological polar surface area (TPSA) is 32.3 Å². The highest BCUT2D eigenvalue weighted by atomic mass is 16.3. The van der Waals surface area contributed by atoms with Crippen molar-refractivity contribution in [3.05, 3.63) is 29.3 Å². The van der Waals surface area contributed by atoms with Crippen molar-refractivity contribution >= 4 is 0 Å². The Bertz CT molecular complexity index is 389. The van der Waals surface area contributed by atoms with Crippen molar-refractivity contribution < 1.29 is 5.11 Å². The maximum atomic E-state index is 10.0. The molecule has 2 N–H and O–H groups in total. The molecule has 2 unspecified atom stereocenters. The molecule has 0 bridgehead atoms. The number of phenolic OH excluding ortho intramolecular Hbond substituents is 1. The van der Waals surface area contributed by atoms with E-state index in [1.165, 1.54) is 32.1 Å². The molecular formula is C16H25NO. The molecule has 0 aliphatic heterocycles. The summed E-state index contributed by atoms with van der Waals surface area (Å²) in [7, 11) is 0. The summed E-state index contributed by atoms with van der Waals surface area (Å²) in [6, 6.07) is 6.58. The standard InChI is InChI=1S/C16H25NO/c1-12-7-4-3-5-10-15(12)17-11-14-9-6-8-13(2)16(14)18/h6,8-9,12,15,17-18H,3-5,7,10-11H2,1-2H3. The number of phenols is 1. The highest BCUT2D eigenvalue weighted by molar-refractivity contribution is 5.39. The number of para-hydroxylation sites is 1. The summed E-state index contributed by atoms with van der Waals surface area (Å²) in [5, 5.41) is 13.6. The van der Waals surface area contributed by atoms with E-state index in [1.807, 2.05) is 25.1 Å². The van der Waals surface area contributed by atoms with Crippen LogP contribution in [0.15, 0.2) is 18.2 Å². The Morgan fingerprint density at radius 1 is 1.22 bits per heavy atom. The van der Waals surface area contributed by atoms with E-state index in [-0.39, 0.29) is 0 Å². The van der Waals surface area contributed by atoms with Gasteiger partial charge in [0.25, 0.3) is 0 Å². The second-order valence-electron chi connectivity index (χ2n) is 5.69. The molecule has 2 nitrogen and oxygen atoms in total. The zero-order valence-corrected chi connectivity index (χ0v) is 11.6. The van der Waals surface area contributed by atoms with Gasteiger partial charge in [-0.2, -0.15) is 0 Å². The first kappa shape index (κ1) is 13.4. The van der Waals surface area contributed by atoms with Crippen molar-refractivity contribution in [3.63, 3.8) is 0 Å². The summed E-state index contributed by atoms with van der Waals surface area (Å²) in [5.74, 6) is 1.20. The molecule has 0 amide bonds. The average Bonchev–Trinajstić information content (AvgIpc) is 2.56. The molecule has 1 aromatic rings. The van der Waals surface area contributed by atoms with Crippen LogP contribution in [0.4, 0.5) is 0 Å². The fourth-order valence-corrected chi connectivity index (χ4v) is 2.90. The molecule has 1 aliphatic carbocycles. The number of hydrogen-bond acceptors (Lipinski definition) is 2. The molecule has 0 spiro atoms. The molecule has 2 rings (SSSR count). The number of aromatic hydroxyl groups is 1. The van der Waals surface area contributed by atoms with Gasteiger partial charge in [0.2, 0.25) is 0 Å². The summed E-state index contributed by atoms with van der Waals surface area (Å²) >= 11 is 0. The van der Waals surface area contributed by atoms with Crippen LogP contribution in [0.3, 0.4) is 0 Å². The lowest BCUT2D eigenvalue weighted by atomic mass is 9.96. The van der Waals surface area contributed by atoms with E-state index in [2.05, 4.69) is 12.2 Å². The molecule has 0 saturated heterocycles. The zero-order chi connectivity index (χ0) is 13.0. The third kappa shape index (κ3) is 3.26. The number of rotatable bonds is 3. The highest BCUT2D eigenvalue weighted by Crippen LogP contribution is 2.25. The Morgan fingerprint density at radius 2 is 2.00 bits per heavy atom. The van der Waals surface area contributed by atoms with Gasteiger partial charge in [0, 0.05) is 18.2 Å². The Hall–Kier alpha value is -1.02. The number of hydrogen-bond donors (Lipinski definition) is 2. The van der Waals surface area contributed by atoms with Gasteiger partial charge in [-0.15, -0.1) is 0 Å². The van der Waals surface area contributed by atoms with Crippen LogP contribution >= 0.6 is 0 Å². The maximum absolute atomic E-state index is 10.0. The third-order valence-corrected chi connectivity index (χ3v) is 4.24. The minimum Gasteiger partial charge on any atom is -0.507 e. The van der Waals surface area contributed by atoms with Crippen LogP contribution in [0.2, 0.25) is 0 Å². The van der Waals surface area contributed by atoms with Crippen LogP contribution in [0.1, 0.15) is 50.2 Å². The van der Waals surface area contributed by atoms with Gasteiger partial charge in [-0.05, 0) is 31.2 Å². The van der Waals surface area contributed by atoms with Crippen LogP contribution in [-0.2, 0) is 6.54 Å². The molecule has 100 valence electrons. The second kappa shape index (κ2) is 6.24. The van der Waals surface area contributed by atoms with Crippen molar-refractivity contribution in [3.8, 4) is 5.75 Å². The van der Waals surface area contributed by atoms with Crippen LogP contribution in [0, 0.1) is 12.8 Å². The SMILES string of the molecule is Cc1cccc(CNC2CCCCCC2C)c1O. The van der Waals surface area contributed by atoms with Crippen molar-refractivity contribution in [2.24, 2.45) is 5.92 Å². The zero-order valence-electron chi connectivity index (χ0n) is 11.6. The molecule has 2 heteroatoms. The molecule has 1 fully saturated rings. The van der Waals surface area contributed by atoms with Crippen LogP contribution in [-0.4, -0.2) is 11.1 Å². The molecule has 2 atom stereocenters. The Balaban J connectivity index is 1.95. The Kier molecular flexibility index (Phi) is 4.65. The number of benzene rings is 1. The van der Waals surface area contributed by atoms with E-state index >= 15 is 0 Å². The molecular weight excluding hydrogens is 222 g/mol. The maximum Gasteiger partial charge on any atom is 0.122 e. The minimum absolute atomic E-state index is 0.450. The predicted molar refractivity (Wildman–Crippen MR) is 75.7 cm³/mol. The fourth-order valence-electron chi connectivity index (χ4n) is 2.90. The van der Waals surface area contributed by atoms with E-state index in [1.54, 1.807) is 0 Å². The summed E-state index contributed by atoms with van der Waals surface area (Å²) in [4.78, 5) is 0. The first-order valence-electron chi connectivity index (χ1n) is 7.19. The summed E-state index contributed by atoms with van der Waals surface area (Å²) in [5.41, 5.74) is 1.98. The van der Waals surface area contributed by atoms with Crippen LogP contribution in [0.5, 0.6) is 5.75 Å². The molecule has 18 heavy (non-hydrogen) atoms. The lowest BCUT2D eigenvalue weighted by Gasteiger charge is -2.23. The van der Waals surface area contributed by atoms with Gasteiger partial charge in [0.1, 0.15) is 5.75 Å². The van der Waals surface area contributed by atoms with E-state index in [9.17, 15) is 5.11 Å². The Labute approximate surface area is 110 Å². The quantitative estimate of drug-likeness (QED) is 0.797. The average molecular weight is 247 g/mol. The van der Waals surface area contributed by atoms with Crippen molar-refractivity contribution in [2.45, 2.75) is 58.5 Å². The largest absolute Gasteiger partial charge is 0.507 e. The van der Waals surface area contributed by atoms with Crippen LogP contribution < -0.4 is 5.32 Å². The summed E-state index contributed by atoms with van der Waals surface area (Å²) in [6.07, 6.45) is 6.68. The summed E-state index contributed by atoms with van der Waals surface area (Å²) in [6.45, 7) is 5.08. The molecule has 0 aromatic heterocycles. The van der Waals surface area contributed by atoms with Gasteiger partial charge in [-0.1, -0.05) is 44.4 Å². The minimum atomic E-state index is 0.450. The summed E-state index contributed by atoms with van der Waals surface area (Å²) < 4.78 is 0. The van der Waals surface area contributed by atoms with Gasteiger partial charge >= 0.3 is 0 Å². The van der Waals surface area contributed by atoms with Gasteiger partial charge in [-0.3, -0.25) is 0 Å². The van der Waals surface area contributed by atoms with Crippen molar-refractivity contribution in [1.29, 1.82) is 0 Å². The molecule has 1 aliphatic rings. The third-order valence-electron chi connectivity index (χ3n) is 4.24. The van der Waals surface area contributed by atoms with Gasteiger partial charge < -0.3 is 10.4 Å². The van der Waals surface area contributed by atoms with E-state index in [0.717, 1.165) is 23.6 Å².